The second-order valence-electron chi connectivity index (χ2n) is 6.29. The monoisotopic (exact) mass is 290 g/mol. The summed E-state index contributed by atoms with van der Waals surface area (Å²) in [6.07, 6.45) is 4.76. The number of fused-ring (bicyclic) bond motifs is 1. The van der Waals surface area contributed by atoms with Crippen molar-refractivity contribution in [2.75, 3.05) is 11.1 Å². The van der Waals surface area contributed by atoms with E-state index in [0.717, 1.165) is 22.5 Å². The fraction of sp³-hybridized carbons (Fsp3) is 0.600. The average Bonchev–Trinajstić information content (AvgIpc) is 2.93. The van der Waals surface area contributed by atoms with Crippen LogP contribution in [0.1, 0.15) is 44.9 Å². The molecule has 1 atom stereocenters. The van der Waals surface area contributed by atoms with Gasteiger partial charge in [0, 0.05) is 10.9 Å². The topological polar surface area (TPSA) is 63.8 Å². The molecule has 1 aliphatic rings. The Hall–Kier alpha value is -1.36. The number of nitrogens with two attached hydrogens (primary N) is 1. The standard InChI is InChI=1S/C15H22N4S/c1-4-9-8-10-12(18-14(16)19-13(10)20-9)17-11-6-5-7-15(11,2)3/h8,11H,4-7H2,1-3H3,(H3,16,17,18,19). The maximum Gasteiger partial charge on any atom is 0.223 e. The Labute approximate surface area is 123 Å². The first-order valence-corrected chi connectivity index (χ1v) is 8.14. The zero-order valence-corrected chi connectivity index (χ0v) is 13.2. The van der Waals surface area contributed by atoms with Gasteiger partial charge in [-0.3, -0.25) is 0 Å². The minimum absolute atomic E-state index is 0.315. The molecule has 5 heteroatoms. The molecule has 2 aromatic rings. The van der Waals surface area contributed by atoms with Gasteiger partial charge >= 0.3 is 0 Å². The van der Waals surface area contributed by atoms with E-state index in [0.29, 0.717) is 17.4 Å². The van der Waals surface area contributed by atoms with Gasteiger partial charge in [-0.1, -0.05) is 27.2 Å². The molecule has 20 heavy (non-hydrogen) atoms. The molecule has 1 fully saturated rings. The number of nitrogens with one attached hydrogen (secondary N) is 1. The molecule has 3 rings (SSSR count). The maximum atomic E-state index is 5.86. The van der Waals surface area contributed by atoms with E-state index in [-0.39, 0.29) is 0 Å². The van der Waals surface area contributed by atoms with Crippen molar-refractivity contribution in [3.05, 3.63) is 10.9 Å². The van der Waals surface area contributed by atoms with Crippen LogP contribution in [0.5, 0.6) is 0 Å². The molecular weight excluding hydrogens is 268 g/mol. The Morgan fingerprint density at radius 1 is 1.45 bits per heavy atom. The van der Waals surface area contributed by atoms with Crippen molar-refractivity contribution in [2.24, 2.45) is 5.41 Å². The van der Waals surface area contributed by atoms with Gasteiger partial charge in [0.1, 0.15) is 10.6 Å². The van der Waals surface area contributed by atoms with Crippen LogP contribution in [0.4, 0.5) is 11.8 Å². The van der Waals surface area contributed by atoms with E-state index in [2.05, 4.69) is 42.1 Å². The minimum Gasteiger partial charge on any atom is -0.368 e. The molecule has 4 nitrogen and oxygen atoms in total. The number of aryl methyl sites for hydroxylation is 1. The maximum absolute atomic E-state index is 5.86. The predicted molar refractivity (Wildman–Crippen MR) is 86.2 cm³/mol. The van der Waals surface area contributed by atoms with Gasteiger partial charge in [0.25, 0.3) is 0 Å². The first-order valence-electron chi connectivity index (χ1n) is 7.32. The smallest absolute Gasteiger partial charge is 0.223 e. The summed E-state index contributed by atoms with van der Waals surface area (Å²) in [5.74, 6) is 1.27. The molecule has 1 unspecified atom stereocenters. The van der Waals surface area contributed by atoms with Crippen molar-refractivity contribution in [3.8, 4) is 0 Å². The first-order chi connectivity index (χ1) is 9.49. The zero-order chi connectivity index (χ0) is 14.3. The molecule has 0 saturated heterocycles. The minimum atomic E-state index is 0.315. The van der Waals surface area contributed by atoms with E-state index < -0.39 is 0 Å². The van der Waals surface area contributed by atoms with Crippen LogP contribution in [0.25, 0.3) is 10.2 Å². The first kappa shape index (κ1) is 13.6. The van der Waals surface area contributed by atoms with E-state index in [1.807, 2.05) is 0 Å². The number of hydrogen-bond acceptors (Lipinski definition) is 5. The van der Waals surface area contributed by atoms with Crippen LogP contribution in [-0.4, -0.2) is 16.0 Å². The van der Waals surface area contributed by atoms with Crippen molar-refractivity contribution in [1.29, 1.82) is 0 Å². The van der Waals surface area contributed by atoms with Crippen molar-refractivity contribution in [3.63, 3.8) is 0 Å². The number of thiophene rings is 1. The molecular formula is C15H22N4S. The van der Waals surface area contributed by atoms with Crippen LogP contribution in [-0.2, 0) is 6.42 Å². The van der Waals surface area contributed by atoms with Gasteiger partial charge in [-0.05, 0) is 30.7 Å². The lowest BCUT2D eigenvalue weighted by Crippen LogP contribution is -2.31. The van der Waals surface area contributed by atoms with Crippen molar-refractivity contribution < 1.29 is 0 Å². The third kappa shape index (κ3) is 2.35. The SMILES string of the molecule is CCc1cc2c(NC3CCCC3(C)C)nc(N)nc2s1. The van der Waals surface area contributed by atoms with Gasteiger partial charge in [0.2, 0.25) is 5.95 Å². The Balaban J connectivity index is 2.00. The molecule has 0 aromatic carbocycles. The van der Waals surface area contributed by atoms with Crippen molar-refractivity contribution in [1.82, 2.24) is 9.97 Å². The van der Waals surface area contributed by atoms with Crippen LogP contribution in [0.3, 0.4) is 0 Å². The zero-order valence-electron chi connectivity index (χ0n) is 12.4. The molecule has 108 valence electrons. The highest BCUT2D eigenvalue weighted by Gasteiger charge is 2.34. The summed E-state index contributed by atoms with van der Waals surface area (Å²) in [5.41, 5.74) is 6.18. The van der Waals surface area contributed by atoms with Crippen LogP contribution in [0.15, 0.2) is 6.07 Å². The second-order valence-corrected chi connectivity index (χ2v) is 7.41. The fourth-order valence-electron chi connectivity index (χ4n) is 3.03. The third-order valence-corrected chi connectivity index (χ3v) is 5.55. The lowest BCUT2D eigenvalue weighted by molar-refractivity contribution is 0.349. The normalized spacial score (nSPS) is 21.4. The largest absolute Gasteiger partial charge is 0.368 e. The number of nitrogen functional groups attached to an aromatic ring is 1. The van der Waals surface area contributed by atoms with E-state index in [4.69, 9.17) is 5.73 Å². The van der Waals surface area contributed by atoms with Crippen LogP contribution in [0.2, 0.25) is 0 Å². The molecule has 0 amide bonds. The molecule has 0 radical (unpaired) electrons. The van der Waals surface area contributed by atoms with Gasteiger partial charge in [0.15, 0.2) is 0 Å². The molecule has 1 aliphatic carbocycles. The number of rotatable bonds is 3. The summed E-state index contributed by atoms with van der Waals surface area (Å²) in [6, 6.07) is 2.66. The van der Waals surface area contributed by atoms with Gasteiger partial charge in [-0.25, -0.2) is 4.98 Å². The lowest BCUT2D eigenvalue weighted by Gasteiger charge is -2.28. The molecule has 3 N–H and O–H groups in total. The highest BCUT2D eigenvalue weighted by molar-refractivity contribution is 7.18. The summed E-state index contributed by atoms with van der Waals surface area (Å²) in [5, 5.41) is 4.74. The third-order valence-electron chi connectivity index (χ3n) is 4.38. The molecule has 0 aliphatic heterocycles. The fourth-order valence-corrected chi connectivity index (χ4v) is 4.01. The van der Waals surface area contributed by atoms with E-state index in [9.17, 15) is 0 Å². The van der Waals surface area contributed by atoms with Gasteiger partial charge in [-0.15, -0.1) is 11.3 Å². The summed E-state index contributed by atoms with van der Waals surface area (Å²) >= 11 is 1.71. The lowest BCUT2D eigenvalue weighted by atomic mass is 9.87. The highest BCUT2D eigenvalue weighted by atomic mass is 32.1. The summed E-state index contributed by atoms with van der Waals surface area (Å²) in [7, 11) is 0. The molecule has 0 spiro atoms. The summed E-state index contributed by atoms with van der Waals surface area (Å²) < 4.78 is 0. The van der Waals surface area contributed by atoms with Gasteiger partial charge in [0.05, 0.1) is 5.39 Å². The van der Waals surface area contributed by atoms with Crippen LogP contribution in [0, 0.1) is 5.41 Å². The number of nitrogens with zero attached hydrogens (tertiary/aromatic N) is 2. The molecule has 0 bridgehead atoms. The van der Waals surface area contributed by atoms with Gasteiger partial charge in [-0.2, -0.15) is 4.98 Å². The molecule has 2 heterocycles. The molecule has 2 aromatic heterocycles. The summed E-state index contributed by atoms with van der Waals surface area (Å²) in [4.78, 5) is 11.1. The van der Waals surface area contributed by atoms with Crippen LogP contribution >= 0.6 is 11.3 Å². The van der Waals surface area contributed by atoms with E-state index in [1.54, 1.807) is 11.3 Å². The number of anilines is 2. The predicted octanol–water partition coefficient (Wildman–Crippen LogP) is 3.83. The Kier molecular flexibility index (Phi) is 3.32. The van der Waals surface area contributed by atoms with Crippen molar-refractivity contribution >= 4 is 33.3 Å². The quantitative estimate of drug-likeness (QED) is 0.902. The Bertz CT molecular complexity index is 632. The highest BCUT2D eigenvalue weighted by Crippen LogP contribution is 2.40. The number of aromatic nitrogens is 2. The van der Waals surface area contributed by atoms with Gasteiger partial charge < -0.3 is 11.1 Å². The number of hydrogen-bond donors (Lipinski definition) is 2. The second kappa shape index (κ2) is 4.88. The Morgan fingerprint density at radius 3 is 2.90 bits per heavy atom. The molecule has 1 saturated carbocycles. The average molecular weight is 290 g/mol. The van der Waals surface area contributed by atoms with Crippen LogP contribution < -0.4 is 11.1 Å². The van der Waals surface area contributed by atoms with E-state index in [1.165, 1.54) is 24.1 Å². The Morgan fingerprint density at radius 2 is 2.25 bits per heavy atom. The van der Waals surface area contributed by atoms with Crippen molar-refractivity contribution in [2.45, 2.75) is 52.5 Å². The summed E-state index contributed by atoms with van der Waals surface area (Å²) in [6.45, 7) is 6.81. The van der Waals surface area contributed by atoms with E-state index >= 15 is 0 Å².